The summed E-state index contributed by atoms with van der Waals surface area (Å²) in [5.74, 6) is -2.17. The van der Waals surface area contributed by atoms with Crippen molar-refractivity contribution in [1.29, 1.82) is 0 Å². The van der Waals surface area contributed by atoms with Gasteiger partial charge in [-0.1, -0.05) is 34.6 Å². The van der Waals surface area contributed by atoms with Crippen molar-refractivity contribution in [3.63, 3.8) is 0 Å². The van der Waals surface area contributed by atoms with Gasteiger partial charge in [-0.05, 0) is 73.5 Å². The Morgan fingerprint density at radius 2 is 1.63 bits per heavy atom. The highest BCUT2D eigenvalue weighted by Gasteiger charge is 2.55. The molecule has 0 aliphatic carbocycles. The lowest BCUT2D eigenvalue weighted by molar-refractivity contribution is -0.310. The van der Waals surface area contributed by atoms with Gasteiger partial charge >= 0.3 is 11.9 Å². The van der Waals surface area contributed by atoms with Gasteiger partial charge in [0.1, 0.15) is 23.6 Å². The van der Waals surface area contributed by atoms with Gasteiger partial charge in [-0.15, -0.1) is 0 Å². The van der Waals surface area contributed by atoms with Crippen molar-refractivity contribution >= 4 is 11.9 Å². The first-order valence-corrected chi connectivity index (χ1v) is 19.6. The number of aliphatic hydroxyl groups excluding tert-OH is 1. The molecule has 4 rings (SSSR count). The second-order valence-corrected chi connectivity index (χ2v) is 16.8. The molecule has 0 aromatic rings. The minimum atomic E-state index is -0.974. The van der Waals surface area contributed by atoms with Gasteiger partial charge in [-0.3, -0.25) is 14.5 Å². The van der Waals surface area contributed by atoms with E-state index in [2.05, 4.69) is 11.8 Å². The van der Waals surface area contributed by atoms with Crippen molar-refractivity contribution in [1.82, 2.24) is 4.90 Å². The summed E-state index contributed by atoms with van der Waals surface area (Å²) in [7, 11) is 3.70. The number of nitrogens with zero attached hydrogens (tertiary/aromatic N) is 1. The number of ether oxygens (including phenoxy) is 8. The van der Waals surface area contributed by atoms with Gasteiger partial charge in [0, 0.05) is 51.0 Å². The van der Waals surface area contributed by atoms with Crippen LogP contribution in [0.4, 0.5) is 0 Å². The molecule has 300 valence electrons. The number of rotatable bonds is 9. The third-order valence-corrected chi connectivity index (χ3v) is 12.3. The summed E-state index contributed by atoms with van der Waals surface area (Å²) in [6.45, 7) is 23.9. The van der Waals surface area contributed by atoms with Crippen molar-refractivity contribution in [2.24, 2.45) is 23.7 Å². The molecule has 0 unspecified atom stereocenters. The number of fused-ring (bicyclic) bond motifs is 2. The van der Waals surface area contributed by atoms with Crippen LogP contribution in [0.15, 0.2) is 11.3 Å². The summed E-state index contributed by atoms with van der Waals surface area (Å²) < 4.78 is 52.1. The first-order chi connectivity index (χ1) is 24.3. The van der Waals surface area contributed by atoms with Crippen LogP contribution in [0.25, 0.3) is 0 Å². The Hall–Kier alpha value is -1.80. The minimum absolute atomic E-state index is 0.143. The number of carbonyl (C=O) groups is 2. The predicted molar refractivity (Wildman–Crippen MR) is 195 cm³/mol. The molecule has 12 nitrogen and oxygen atoms in total. The Bertz CT molecular complexity index is 1260. The molecule has 0 amide bonds. The predicted octanol–water partition coefficient (Wildman–Crippen LogP) is 5.77. The van der Waals surface area contributed by atoms with E-state index in [9.17, 15) is 14.7 Å². The molecule has 0 aromatic carbocycles. The molecule has 52 heavy (non-hydrogen) atoms. The molecule has 1 N–H and O–H groups in total. The summed E-state index contributed by atoms with van der Waals surface area (Å²) in [6, 6.07) is -0.159. The van der Waals surface area contributed by atoms with E-state index in [1.807, 2.05) is 76.3 Å². The Morgan fingerprint density at radius 1 is 0.962 bits per heavy atom. The first-order valence-electron chi connectivity index (χ1n) is 19.6. The molecule has 2 bridgehead atoms. The fourth-order valence-corrected chi connectivity index (χ4v) is 9.19. The molecule has 0 radical (unpaired) electrons. The highest BCUT2D eigenvalue weighted by atomic mass is 16.7. The van der Waals surface area contributed by atoms with Crippen LogP contribution in [-0.2, 0) is 47.5 Å². The monoisotopic (exact) mass is 739 g/mol. The van der Waals surface area contributed by atoms with Gasteiger partial charge in [-0.2, -0.15) is 0 Å². The third-order valence-electron chi connectivity index (χ3n) is 12.3. The van der Waals surface area contributed by atoms with Crippen LogP contribution in [0, 0.1) is 23.7 Å². The molecule has 3 fully saturated rings. The van der Waals surface area contributed by atoms with E-state index in [4.69, 9.17) is 37.9 Å². The first kappa shape index (κ1) is 42.9. The van der Waals surface area contributed by atoms with Crippen molar-refractivity contribution in [2.75, 3.05) is 20.7 Å². The smallest absolute Gasteiger partial charge is 0.311 e. The van der Waals surface area contributed by atoms with Gasteiger partial charge in [0.05, 0.1) is 42.0 Å². The van der Waals surface area contributed by atoms with Crippen LogP contribution in [-0.4, -0.2) is 115 Å². The van der Waals surface area contributed by atoms with Gasteiger partial charge in [-0.25, -0.2) is 0 Å². The maximum Gasteiger partial charge on any atom is 0.311 e. The van der Waals surface area contributed by atoms with Gasteiger partial charge in [0.2, 0.25) is 0 Å². The maximum absolute atomic E-state index is 14.2. The highest BCUT2D eigenvalue weighted by molar-refractivity contribution is 5.73. The Labute approximate surface area is 312 Å². The SMILES string of the molecule is CC[C@H]1OC(=O)[C@H](C)[C@@H](O[C@H]2C[C@@](C)(OC)C[C@H](C)O2)[C@H](C)[C@@H](O[C@@H]2O[C@H](C)C[C@H](N(C)CC)[C@H]2OC(C)=O)[C@]2(C)CC(C)=C(O2)[C@H](C)[C@@H](O)[C@H]1C. The minimum Gasteiger partial charge on any atom is -0.489 e. The second kappa shape index (κ2) is 17.3. The van der Waals surface area contributed by atoms with E-state index in [0.29, 0.717) is 37.9 Å². The largest absolute Gasteiger partial charge is 0.489 e. The summed E-state index contributed by atoms with van der Waals surface area (Å²) in [4.78, 5) is 28.9. The van der Waals surface area contributed by atoms with Gasteiger partial charge < -0.3 is 43.0 Å². The van der Waals surface area contributed by atoms with E-state index >= 15 is 0 Å². The van der Waals surface area contributed by atoms with E-state index in [0.717, 1.165) is 12.1 Å². The standard InChI is InChI=1S/C40H69NO11/c1-15-30-24(6)32(43)25(7)33-21(3)18-40(12,52-33)36(51-38-35(48-28(10)42)29(41(13)16-2)17-22(4)47-38)26(8)34(27(9)37(44)49-30)50-31-20-39(11,45-14)19-23(5)46-31/h22-27,29-32,34-36,38,43H,15-20H2,1-14H3/t22-,23+,24+,25-,26+,27-,29+,30-,31+,32+,34+,35-,36-,38+,39+,40+/m1/s1. The van der Waals surface area contributed by atoms with Crippen molar-refractivity contribution < 1.29 is 52.6 Å². The number of likely N-dealkylation sites (N-methyl/N-ethyl adjacent to an activating group) is 1. The Balaban J connectivity index is 1.85. The fourth-order valence-electron chi connectivity index (χ4n) is 9.19. The van der Waals surface area contributed by atoms with Crippen LogP contribution in [0.2, 0.25) is 0 Å². The number of aliphatic hydroxyl groups is 1. The lowest BCUT2D eigenvalue weighted by Crippen LogP contribution is -2.60. The molecule has 4 heterocycles. The van der Waals surface area contributed by atoms with Crippen LogP contribution in [0.5, 0.6) is 0 Å². The molecule has 12 heteroatoms. The molecule has 4 aliphatic heterocycles. The molecular formula is C40H69NO11. The molecular weight excluding hydrogens is 670 g/mol. The third kappa shape index (κ3) is 9.34. The number of methoxy groups -OCH3 is 1. The quantitative estimate of drug-likeness (QED) is 0.288. The number of esters is 2. The molecule has 0 aromatic heterocycles. The molecule has 0 saturated carbocycles. The lowest BCUT2D eigenvalue weighted by Gasteiger charge is -2.48. The fraction of sp³-hybridized carbons (Fsp3) is 0.900. The van der Waals surface area contributed by atoms with Crippen LogP contribution in [0.1, 0.15) is 115 Å². The Kier molecular flexibility index (Phi) is 14.3. The van der Waals surface area contributed by atoms with Crippen LogP contribution in [0.3, 0.4) is 0 Å². The zero-order chi connectivity index (χ0) is 38.9. The van der Waals surface area contributed by atoms with Gasteiger partial charge in [0.15, 0.2) is 18.7 Å². The molecule has 4 aliphatic rings. The van der Waals surface area contributed by atoms with Crippen LogP contribution < -0.4 is 0 Å². The lowest BCUT2D eigenvalue weighted by atomic mass is 9.79. The number of cyclic esters (lactones) is 1. The molecule has 3 saturated heterocycles. The summed E-state index contributed by atoms with van der Waals surface area (Å²) in [5, 5.41) is 11.7. The van der Waals surface area contributed by atoms with E-state index < -0.39 is 78.1 Å². The normalized spacial score (nSPS) is 45.0. The number of carbonyl (C=O) groups excluding carboxylic acids is 2. The van der Waals surface area contributed by atoms with Crippen LogP contribution >= 0.6 is 0 Å². The van der Waals surface area contributed by atoms with Gasteiger partial charge in [0.25, 0.3) is 0 Å². The second-order valence-electron chi connectivity index (χ2n) is 16.8. The maximum atomic E-state index is 14.2. The highest BCUT2D eigenvalue weighted by Crippen LogP contribution is 2.47. The van der Waals surface area contributed by atoms with E-state index in [1.165, 1.54) is 6.92 Å². The average molecular weight is 740 g/mol. The zero-order valence-corrected chi connectivity index (χ0v) is 34.3. The topological polar surface area (TPSA) is 131 Å². The summed E-state index contributed by atoms with van der Waals surface area (Å²) >= 11 is 0. The van der Waals surface area contributed by atoms with E-state index in [1.54, 1.807) is 7.11 Å². The van der Waals surface area contributed by atoms with E-state index in [-0.39, 0.29) is 30.1 Å². The van der Waals surface area contributed by atoms with Crippen molar-refractivity contribution in [2.45, 2.75) is 188 Å². The average Bonchev–Trinajstić information content (AvgIpc) is 3.40. The summed E-state index contributed by atoms with van der Waals surface area (Å²) in [5.41, 5.74) is -0.449. The van der Waals surface area contributed by atoms with Crippen molar-refractivity contribution in [3.8, 4) is 0 Å². The zero-order valence-electron chi connectivity index (χ0n) is 34.3. The number of hydrogen-bond acceptors (Lipinski definition) is 12. The Morgan fingerprint density at radius 3 is 2.23 bits per heavy atom. The van der Waals surface area contributed by atoms with Crippen molar-refractivity contribution in [3.05, 3.63) is 11.3 Å². The number of hydrogen-bond donors (Lipinski definition) is 1. The molecule has 16 atom stereocenters. The summed E-state index contributed by atoms with van der Waals surface area (Å²) in [6.07, 6.45) is -2.72. The molecule has 0 spiro atoms.